The number of aliphatic hydroxyl groups excluding tert-OH is 1. The van der Waals surface area contributed by atoms with E-state index in [4.69, 9.17) is 0 Å². The molecular formula is C16H16F6N2O2. The number of imidazole rings is 1. The van der Waals surface area contributed by atoms with Crippen LogP contribution in [0, 0.1) is 0 Å². The van der Waals surface area contributed by atoms with Crippen molar-refractivity contribution < 1.29 is 36.6 Å². The molecule has 144 valence electrons. The van der Waals surface area contributed by atoms with Gasteiger partial charge in [0.25, 0.3) is 5.60 Å². The summed E-state index contributed by atoms with van der Waals surface area (Å²) in [7, 11) is 0. The van der Waals surface area contributed by atoms with Crippen LogP contribution in [0.1, 0.15) is 36.8 Å². The molecule has 0 unspecified atom stereocenters. The summed E-state index contributed by atoms with van der Waals surface area (Å²) in [6.07, 6.45) is -10.4. The van der Waals surface area contributed by atoms with Crippen LogP contribution < -0.4 is 0 Å². The lowest BCUT2D eigenvalue weighted by molar-refractivity contribution is -0.376. The molecule has 2 rings (SSSR count). The van der Waals surface area contributed by atoms with Crippen molar-refractivity contribution in [3.05, 3.63) is 47.5 Å². The van der Waals surface area contributed by atoms with Gasteiger partial charge in [-0.25, -0.2) is 4.98 Å². The Bertz CT molecular complexity index is 749. The summed E-state index contributed by atoms with van der Waals surface area (Å²) in [5.41, 5.74) is -5.75. The summed E-state index contributed by atoms with van der Waals surface area (Å²) in [5.74, 6) is 0.362. The number of hydrogen-bond donors (Lipinski definition) is 2. The van der Waals surface area contributed by atoms with Gasteiger partial charge < -0.3 is 14.8 Å². The van der Waals surface area contributed by atoms with Gasteiger partial charge >= 0.3 is 12.4 Å². The second-order valence-corrected chi connectivity index (χ2v) is 6.03. The zero-order chi connectivity index (χ0) is 19.9. The number of aliphatic hydroxyl groups is 2. The average Bonchev–Trinajstić information content (AvgIpc) is 2.96. The average molecular weight is 382 g/mol. The minimum Gasteiger partial charge on any atom is -0.390 e. The molecule has 0 aliphatic rings. The van der Waals surface area contributed by atoms with Crippen LogP contribution in [0.3, 0.4) is 0 Å². The summed E-state index contributed by atoms with van der Waals surface area (Å²) in [4.78, 5) is 4.16. The van der Waals surface area contributed by atoms with E-state index in [-0.39, 0.29) is 18.2 Å². The maximum Gasteiger partial charge on any atom is 0.430 e. The van der Waals surface area contributed by atoms with E-state index in [0.717, 1.165) is 12.1 Å². The maximum absolute atomic E-state index is 12.9. The molecule has 10 heteroatoms. The quantitative estimate of drug-likeness (QED) is 0.791. The van der Waals surface area contributed by atoms with Crippen LogP contribution in [0.2, 0.25) is 0 Å². The molecule has 0 aliphatic carbocycles. The van der Waals surface area contributed by atoms with Gasteiger partial charge in [0, 0.05) is 23.4 Å². The summed E-state index contributed by atoms with van der Waals surface area (Å²) in [6, 6.07) is 3.18. The first-order valence-electron chi connectivity index (χ1n) is 7.48. The van der Waals surface area contributed by atoms with Crippen molar-refractivity contribution in [1.82, 2.24) is 9.55 Å². The molecule has 0 amide bonds. The number of nitrogens with zero attached hydrogens (tertiary/aromatic N) is 2. The molecule has 0 bridgehead atoms. The molecule has 2 aromatic rings. The molecule has 1 aromatic heterocycles. The molecule has 0 spiro atoms. The normalized spacial score (nSPS) is 13.5. The number of alkyl halides is 6. The Labute approximate surface area is 144 Å². The molecule has 0 saturated heterocycles. The number of halogens is 6. The lowest BCUT2D eigenvalue weighted by atomic mass is 9.92. The zero-order valence-electron chi connectivity index (χ0n) is 13.7. The zero-order valence-corrected chi connectivity index (χ0v) is 13.7. The highest BCUT2D eigenvalue weighted by Crippen LogP contribution is 2.50. The number of hydrogen-bond acceptors (Lipinski definition) is 3. The summed E-state index contributed by atoms with van der Waals surface area (Å²) in [6.45, 7) is 3.22. The Morgan fingerprint density at radius 2 is 1.50 bits per heavy atom. The lowest BCUT2D eigenvalue weighted by Crippen LogP contribution is -2.53. The SMILES string of the molecule is CC(C)c1nc(CO)cn1-c1ccc(C(O)(C(F)(F)F)C(F)(F)F)cc1. The minimum absolute atomic E-state index is 0.114. The molecule has 0 radical (unpaired) electrons. The lowest BCUT2D eigenvalue weighted by Gasteiger charge is -2.32. The molecule has 0 atom stereocenters. The highest BCUT2D eigenvalue weighted by Gasteiger charge is 2.71. The Balaban J connectivity index is 2.54. The van der Waals surface area contributed by atoms with Crippen LogP contribution in [0.25, 0.3) is 5.69 Å². The number of benzene rings is 1. The monoisotopic (exact) mass is 382 g/mol. The fourth-order valence-corrected chi connectivity index (χ4v) is 2.49. The summed E-state index contributed by atoms with van der Waals surface area (Å²) >= 11 is 0. The van der Waals surface area contributed by atoms with Gasteiger partial charge in [-0.2, -0.15) is 26.3 Å². The predicted molar refractivity (Wildman–Crippen MR) is 79.6 cm³/mol. The highest BCUT2D eigenvalue weighted by molar-refractivity contribution is 5.40. The van der Waals surface area contributed by atoms with Crippen molar-refractivity contribution in [2.24, 2.45) is 0 Å². The molecular weight excluding hydrogens is 366 g/mol. The Kier molecular flexibility index (Phi) is 5.13. The van der Waals surface area contributed by atoms with Crippen LogP contribution in [0.4, 0.5) is 26.3 Å². The standard InChI is InChI=1S/C16H16F6N2O2/c1-9(2)13-23-11(8-25)7-24(13)12-5-3-10(4-6-12)14(26,15(17,18)19)16(20,21)22/h3-7,9,25-26H,8H2,1-2H3. The van der Waals surface area contributed by atoms with Crippen molar-refractivity contribution in [2.45, 2.75) is 44.3 Å². The van der Waals surface area contributed by atoms with Crippen molar-refractivity contribution in [1.29, 1.82) is 0 Å². The van der Waals surface area contributed by atoms with Gasteiger partial charge in [0.05, 0.1) is 12.3 Å². The van der Waals surface area contributed by atoms with Crippen LogP contribution in [-0.4, -0.2) is 32.1 Å². The van der Waals surface area contributed by atoms with Gasteiger partial charge in [-0.15, -0.1) is 0 Å². The molecule has 1 aromatic carbocycles. The summed E-state index contributed by atoms with van der Waals surface area (Å²) < 4.78 is 79.0. The number of aromatic nitrogens is 2. The van der Waals surface area contributed by atoms with E-state index in [0.29, 0.717) is 23.7 Å². The van der Waals surface area contributed by atoms with E-state index < -0.39 is 23.5 Å². The largest absolute Gasteiger partial charge is 0.430 e. The molecule has 1 heterocycles. The van der Waals surface area contributed by atoms with E-state index in [1.807, 2.05) is 0 Å². The molecule has 4 nitrogen and oxygen atoms in total. The second kappa shape index (κ2) is 6.58. The topological polar surface area (TPSA) is 58.3 Å². The van der Waals surface area contributed by atoms with Crippen molar-refractivity contribution in [3.63, 3.8) is 0 Å². The highest BCUT2D eigenvalue weighted by atomic mass is 19.4. The van der Waals surface area contributed by atoms with Crippen molar-refractivity contribution in [3.8, 4) is 5.69 Å². The third-order valence-electron chi connectivity index (χ3n) is 3.85. The van der Waals surface area contributed by atoms with Gasteiger partial charge in [0.2, 0.25) is 0 Å². The third kappa shape index (κ3) is 3.30. The van der Waals surface area contributed by atoms with Crippen LogP contribution >= 0.6 is 0 Å². The second-order valence-electron chi connectivity index (χ2n) is 6.03. The van der Waals surface area contributed by atoms with Crippen LogP contribution in [0.5, 0.6) is 0 Å². The van der Waals surface area contributed by atoms with E-state index in [2.05, 4.69) is 4.98 Å². The van der Waals surface area contributed by atoms with Crippen LogP contribution in [0.15, 0.2) is 30.5 Å². The van der Waals surface area contributed by atoms with Gasteiger partial charge in [0.15, 0.2) is 0 Å². The van der Waals surface area contributed by atoms with Crippen molar-refractivity contribution >= 4 is 0 Å². The van der Waals surface area contributed by atoms with E-state index in [9.17, 15) is 36.6 Å². The molecule has 0 fully saturated rings. The van der Waals surface area contributed by atoms with E-state index in [1.54, 1.807) is 13.8 Å². The Morgan fingerprint density at radius 3 is 1.88 bits per heavy atom. The van der Waals surface area contributed by atoms with E-state index in [1.165, 1.54) is 10.8 Å². The first-order chi connectivity index (χ1) is 11.8. The van der Waals surface area contributed by atoms with Crippen LogP contribution in [-0.2, 0) is 12.2 Å². The van der Waals surface area contributed by atoms with Gasteiger partial charge in [0.1, 0.15) is 5.82 Å². The maximum atomic E-state index is 12.9. The van der Waals surface area contributed by atoms with Gasteiger partial charge in [-0.05, 0) is 12.1 Å². The molecule has 2 N–H and O–H groups in total. The molecule has 26 heavy (non-hydrogen) atoms. The van der Waals surface area contributed by atoms with Gasteiger partial charge in [-0.1, -0.05) is 26.0 Å². The molecule has 0 saturated carbocycles. The number of rotatable bonds is 4. The third-order valence-corrected chi connectivity index (χ3v) is 3.85. The predicted octanol–water partition coefficient (Wildman–Crippen LogP) is 3.80. The first-order valence-corrected chi connectivity index (χ1v) is 7.48. The Hall–Kier alpha value is -2.07. The van der Waals surface area contributed by atoms with Gasteiger partial charge in [-0.3, -0.25) is 0 Å². The van der Waals surface area contributed by atoms with Crippen molar-refractivity contribution in [2.75, 3.05) is 0 Å². The minimum atomic E-state index is -5.94. The fraction of sp³-hybridized carbons (Fsp3) is 0.438. The smallest absolute Gasteiger partial charge is 0.390 e. The van der Waals surface area contributed by atoms with E-state index >= 15 is 0 Å². The Morgan fingerprint density at radius 1 is 1.00 bits per heavy atom. The summed E-state index contributed by atoms with van der Waals surface area (Å²) in [5, 5.41) is 18.6. The molecule has 0 aliphatic heterocycles. The fourth-order valence-electron chi connectivity index (χ4n) is 2.49. The first kappa shape index (κ1) is 20.2.